The lowest BCUT2D eigenvalue weighted by atomic mass is 9.95. The monoisotopic (exact) mass is 544 g/mol. The van der Waals surface area contributed by atoms with Gasteiger partial charge in [0, 0.05) is 5.56 Å². The lowest BCUT2D eigenvalue weighted by Gasteiger charge is -2.23. The Labute approximate surface area is 230 Å². The van der Waals surface area contributed by atoms with Crippen LogP contribution in [0.5, 0.6) is 17.2 Å². The number of aryl methyl sites for hydroxylation is 2. The first-order valence-electron chi connectivity index (χ1n) is 12.4. The van der Waals surface area contributed by atoms with Gasteiger partial charge in [-0.1, -0.05) is 23.5 Å². The molecule has 1 N–H and O–H groups in total. The van der Waals surface area contributed by atoms with Crippen LogP contribution in [0, 0.1) is 13.8 Å². The van der Waals surface area contributed by atoms with Crippen LogP contribution in [0.4, 0.5) is 5.13 Å². The summed E-state index contributed by atoms with van der Waals surface area (Å²) in [6.45, 7) is 6.34. The van der Waals surface area contributed by atoms with Gasteiger partial charge in [-0.25, -0.2) is 4.98 Å². The van der Waals surface area contributed by atoms with Gasteiger partial charge in [-0.3, -0.25) is 14.5 Å². The fraction of sp³-hybridized carbons (Fsp3) is 0.233. The second-order valence-corrected chi connectivity index (χ2v) is 10.2. The molecule has 5 rings (SSSR count). The zero-order valence-corrected chi connectivity index (χ0v) is 23.1. The third-order valence-corrected chi connectivity index (χ3v) is 7.63. The van der Waals surface area contributed by atoms with Crippen molar-refractivity contribution in [2.75, 3.05) is 25.7 Å². The molecular weight excluding hydrogens is 516 g/mol. The van der Waals surface area contributed by atoms with Gasteiger partial charge in [0.1, 0.15) is 11.5 Å². The molecule has 1 aliphatic heterocycles. The number of methoxy groups -OCH3 is 2. The molecule has 0 saturated carbocycles. The number of carbonyl (C=O) groups is 2. The summed E-state index contributed by atoms with van der Waals surface area (Å²) in [5.41, 5.74) is 3.72. The van der Waals surface area contributed by atoms with Crippen molar-refractivity contribution in [3.05, 3.63) is 82.4 Å². The van der Waals surface area contributed by atoms with Crippen LogP contribution in [-0.4, -0.2) is 42.6 Å². The number of aliphatic hydroxyl groups excluding tert-OH is 1. The SMILES string of the molecule is CCOc1ccc(/C(O)=C2\C(=O)C(=O)N(c3nc4c(C)cc(C)cc4s3)[C@H]2c2ccc(OC)c(OC)c2)cc1. The summed E-state index contributed by atoms with van der Waals surface area (Å²) in [5.74, 6) is -0.296. The van der Waals surface area contributed by atoms with Crippen LogP contribution in [0.2, 0.25) is 0 Å². The minimum absolute atomic E-state index is 0.0384. The molecule has 9 heteroatoms. The molecule has 1 fully saturated rings. The molecule has 39 heavy (non-hydrogen) atoms. The van der Waals surface area contributed by atoms with Gasteiger partial charge in [0.15, 0.2) is 16.6 Å². The van der Waals surface area contributed by atoms with E-state index in [0.29, 0.717) is 40.1 Å². The Morgan fingerprint density at radius 1 is 1.00 bits per heavy atom. The van der Waals surface area contributed by atoms with Crippen molar-refractivity contribution in [3.63, 3.8) is 0 Å². The number of rotatable bonds is 7. The van der Waals surface area contributed by atoms with E-state index in [4.69, 9.17) is 19.2 Å². The number of thiazole rings is 1. The molecule has 3 aromatic carbocycles. The largest absolute Gasteiger partial charge is 0.507 e. The molecule has 2 heterocycles. The number of fused-ring (bicyclic) bond motifs is 1. The number of ether oxygens (including phenoxy) is 3. The maximum atomic E-state index is 13.6. The van der Waals surface area contributed by atoms with E-state index in [0.717, 1.165) is 21.3 Å². The van der Waals surface area contributed by atoms with Crippen molar-refractivity contribution >= 4 is 44.1 Å². The number of nitrogens with zero attached hydrogens (tertiary/aromatic N) is 2. The molecule has 1 saturated heterocycles. The highest BCUT2D eigenvalue weighted by atomic mass is 32.1. The van der Waals surface area contributed by atoms with E-state index in [-0.39, 0.29) is 11.3 Å². The average molecular weight is 545 g/mol. The number of ketones is 1. The van der Waals surface area contributed by atoms with Crippen molar-refractivity contribution in [2.24, 2.45) is 0 Å². The summed E-state index contributed by atoms with van der Waals surface area (Å²) in [6.07, 6.45) is 0. The van der Waals surface area contributed by atoms with Gasteiger partial charge in [0.05, 0.1) is 42.7 Å². The minimum Gasteiger partial charge on any atom is -0.507 e. The predicted molar refractivity (Wildman–Crippen MR) is 151 cm³/mol. The van der Waals surface area contributed by atoms with Gasteiger partial charge >= 0.3 is 5.91 Å². The summed E-state index contributed by atoms with van der Waals surface area (Å²) >= 11 is 1.33. The molecule has 200 valence electrons. The quantitative estimate of drug-likeness (QED) is 0.174. The Kier molecular flexibility index (Phi) is 7.01. The summed E-state index contributed by atoms with van der Waals surface area (Å²) in [4.78, 5) is 33.3. The number of hydrogen-bond acceptors (Lipinski definition) is 8. The Balaban J connectivity index is 1.72. The Hall–Kier alpha value is -4.37. The molecule has 0 unspecified atom stereocenters. The van der Waals surface area contributed by atoms with E-state index >= 15 is 0 Å². The topological polar surface area (TPSA) is 98.2 Å². The van der Waals surface area contributed by atoms with E-state index in [1.807, 2.05) is 32.9 Å². The van der Waals surface area contributed by atoms with Gasteiger partial charge in [0.2, 0.25) is 0 Å². The molecule has 1 aromatic heterocycles. The fourth-order valence-electron chi connectivity index (χ4n) is 4.86. The first kappa shape index (κ1) is 26.2. The van der Waals surface area contributed by atoms with Gasteiger partial charge in [0.25, 0.3) is 5.78 Å². The van der Waals surface area contributed by atoms with Crippen molar-refractivity contribution < 1.29 is 28.9 Å². The minimum atomic E-state index is -0.946. The third kappa shape index (κ3) is 4.59. The number of hydrogen-bond donors (Lipinski definition) is 1. The van der Waals surface area contributed by atoms with Crippen LogP contribution in [0.1, 0.15) is 35.2 Å². The Bertz CT molecular complexity index is 1620. The molecule has 1 atom stereocenters. The third-order valence-electron chi connectivity index (χ3n) is 6.63. The Morgan fingerprint density at radius 3 is 2.38 bits per heavy atom. The number of carbonyl (C=O) groups excluding carboxylic acids is 2. The standard InChI is InChI=1S/C30H28N2O6S/c1-6-38-20-10-7-18(8-11-20)27(33)24-26(19-9-12-21(36-4)22(15-19)37-5)32(29(35)28(24)34)30-31-25-17(3)13-16(2)14-23(25)39-30/h7-15,26,33H,6H2,1-5H3/b27-24+/t26-/m0/s1. The number of anilines is 1. The second-order valence-electron chi connectivity index (χ2n) is 9.17. The number of aliphatic hydroxyl groups is 1. The molecule has 0 radical (unpaired) electrons. The molecule has 0 bridgehead atoms. The van der Waals surface area contributed by atoms with E-state index in [9.17, 15) is 14.7 Å². The second kappa shape index (κ2) is 10.4. The van der Waals surface area contributed by atoms with Crippen LogP contribution < -0.4 is 19.1 Å². The van der Waals surface area contributed by atoms with Crippen molar-refractivity contribution in [2.45, 2.75) is 26.8 Å². The highest BCUT2D eigenvalue weighted by molar-refractivity contribution is 7.22. The first-order chi connectivity index (χ1) is 18.8. The maximum absolute atomic E-state index is 13.6. The zero-order valence-electron chi connectivity index (χ0n) is 22.3. The smallest absolute Gasteiger partial charge is 0.301 e. The number of benzene rings is 3. The summed E-state index contributed by atoms with van der Waals surface area (Å²) < 4.78 is 17.3. The highest BCUT2D eigenvalue weighted by Crippen LogP contribution is 2.46. The predicted octanol–water partition coefficient (Wildman–Crippen LogP) is 5.96. The maximum Gasteiger partial charge on any atom is 0.301 e. The molecule has 4 aromatic rings. The van der Waals surface area contributed by atoms with Crippen LogP contribution in [0.15, 0.2) is 60.2 Å². The van der Waals surface area contributed by atoms with Crippen molar-refractivity contribution in [1.82, 2.24) is 4.98 Å². The molecule has 1 aliphatic rings. The van der Waals surface area contributed by atoms with Gasteiger partial charge in [-0.05, 0) is 79.9 Å². The summed E-state index contributed by atoms with van der Waals surface area (Å²) in [5, 5.41) is 11.8. The Morgan fingerprint density at radius 2 is 1.72 bits per heavy atom. The molecule has 0 aliphatic carbocycles. The van der Waals surface area contributed by atoms with Crippen LogP contribution in [-0.2, 0) is 9.59 Å². The number of amides is 1. The fourth-order valence-corrected chi connectivity index (χ4v) is 6.03. The van der Waals surface area contributed by atoms with Gasteiger partial charge in [-0.2, -0.15) is 0 Å². The lowest BCUT2D eigenvalue weighted by Crippen LogP contribution is -2.29. The normalized spacial score (nSPS) is 16.6. The molecule has 0 spiro atoms. The zero-order chi connectivity index (χ0) is 27.8. The summed E-state index contributed by atoms with van der Waals surface area (Å²) in [7, 11) is 3.04. The van der Waals surface area contributed by atoms with Gasteiger partial charge in [-0.15, -0.1) is 0 Å². The molecule has 1 amide bonds. The number of Topliss-reactive ketones (excluding diaryl/α,β-unsaturated/α-hetero) is 1. The van der Waals surface area contributed by atoms with Crippen molar-refractivity contribution in [1.29, 1.82) is 0 Å². The number of aromatic nitrogens is 1. The molecular formula is C30H28N2O6S. The van der Waals surface area contributed by atoms with E-state index in [2.05, 4.69) is 0 Å². The first-order valence-corrected chi connectivity index (χ1v) is 13.2. The van der Waals surface area contributed by atoms with E-state index in [1.165, 1.54) is 30.5 Å². The van der Waals surface area contributed by atoms with Crippen LogP contribution in [0.3, 0.4) is 0 Å². The van der Waals surface area contributed by atoms with Crippen LogP contribution >= 0.6 is 11.3 Å². The van der Waals surface area contributed by atoms with Crippen LogP contribution in [0.25, 0.3) is 16.0 Å². The van der Waals surface area contributed by atoms with Crippen molar-refractivity contribution in [3.8, 4) is 17.2 Å². The molecule has 8 nitrogen and oxygen atoms in total. The highest BCUT2D eigenvalue weighted by Gasteiger charge is 2.48. The average Bonchev–Trinajstić information content (AvgIpc) is 3.47. The summed E-state index contributed by atoms with van der Waals surface area (Å²) in [6, 6.07) is 15.0. The lowest BCUT2D eigenvalue weighted by molar-refractivity contribution is -0.132. The van der Waals surface area contributed by atoms with E-state index < -0.39 is 17.7 Å². The van der Waals surface area contributed by atoms with E-state index in [1.54, 1.807) is 42.5 Å². The van der Waals surface area contributed by atoms with Gasteiger partial charge < -0.3 is 19.3 Å².